The Morgan fingerprint density at radius 2 is 1.83 bits per heavy atom. The number of aryl methyl sites for hydroxylation is 2. The van der Waals surface area contributed by atoms with Crippen molar-refractivity contribution in [1.82, 2.24) is 0 Å². The third-order valence-electron chi connectivity index (χ3n) is 6.65. The van der Waals surface area contributed by atoms with E-state index < -0.39 is 0 Å². The zero-order valence-electron chi connectivity index (χ0n) is 19.1. The second-order valence-corrected chi connectivity index (χ2v) is 8.67. The number of carbonyl (C=O) groups is 1. The smallest absolute Gasteiger partial charge is 0.166 e. The second kappa shape index (κ2) is 10.6. The Balaban J connectivity index is 1.93. The summed E-state index contributed by atoms with van der Waals surface area (Å²) in [6, 6.07) is 15.6. The predicted octanol–water partition coefficient (Wildman–Crippen LogP) is 7.66. The maximum atomic E-state index is 13.4. The lowest BCUT2D eigenvalue weighted by Crippen LogP contribution is -2.25. The average molecular weight is 401 g/mol. The summed E-state index contributed by atoms with van der Waals surface area (Å²) in [5.41, 5.74) is 7.36. The van der Waals surface area contributed by atoms with Crippen molar-refractivity contribution in [3.05, 3.63) is 83.0 Å². The summed E-state index contributed by atoms with van der Waals surface area (Å²) in [5.74, 6) is 0.899. The molecule has 2 aromatic rings. The van der Waals surface area contributed by atoms with E-state index in [0.717, 1.165) is 18.4 Å². The summed E-state index contributed by atoms with van der Waals surface area (Å²) in [6.45, 7) is 8.34. The highest BCUT2D eigenvalue weighted by atomic mass is 16.1. The van der Waals surface area contributed by atoms with Crippen molar-refractivity contribution in [3.8, 4) is 11.1 Å². The lowest BCUT2D eigenvalue weighted by molar-refractivity contribution is -0.120. The molecule has 3 rings (SSSR count). The van der Waals surface area contributed by atoms with Gasteiger partial charge in [0.1, 0.15) is 0 Å². The number of hydrogen-bond donors (Lipinski definition) is 0. The molecule has 1 heteroatoms. The van der Waals surface area contributed by atoms with Gasteiger partial charge in [0.2, 0.25) is 0 Å². The Morgan fingerprint density at radius 1 is 1.07 bits per heavy atom. The number of carbonyl (C=O) groups excluding carboxylic acids is 1. The monoisotopic (exact) mass is 400 g/mol. The molecule has 1 fully saturated rings. The van der Waals surface area contributed by atoms with Gasteiger partial charge in [-0.2, -0.15) is 0 Å². The molecule has 0 N–H and O–H groups in total. The molecule has 1 saturated carbocycles. The van der Waals surface area contributed by atoms with Gasteiger partial charge >= 0.3 is 0 Å². The molecule has 30 heavy (non-hydrogen) atoms. The van der Waals surface area contributed by atoms with E-state index in [4.69, 9.17) is 0 Å². The highest BCUT2D eigenvalue weighted by Crippen LogP contribution is 2.36. The maximum absolute atomic E-state index is 13.4. The normalized spacial score (nSPS) is 16.3. The molecule has 1 aliphatic rings. The van der Waals surface area contributed by atoms with Crippen LogP contribution in [0.3, 0.4) is 0 Å². The van der Waals surface area contributed by atoms with E-state index in [0.29, 0.717) is 11.7 Å². The van der Waals surface area contributed by atoms with Crippen molar-refractivity contribution in [2.45, 2.75) is 66.2 Å². The van der Waals surface area contributed by atoms with Crippen molar-refractivity contribution in [3.63, 3.8) is 0 Å². The molecule has 0 heterocycles. The summed E-state index contributed by atoms with van der Waals surface area (Å²) in [6.07, 6.45) is 12.7. The van der Waals surface area contributed by atoms with Crippen LogP contribution in [0.15, 0.2) is 66.3 Å². The molecular formula is C29H36O. The molecular weight excluding hydrogens is 364 g/mol. The summed E-state index contributed by atoms with van der Waals surface area (Å²) in [7, 11) is 0. The third-order valence-corrected chi connectivity index (χ3v) is 6.65. The van der Waals surface area contributed by atoms with E-state index in [9.17, 15) is 4.79 Å². The molecule has 0 aliphatic heterocycles. The minimum Gasteiger partial charge on any atom is -0.294 e. The topological polar surface area (TPSA) is 17.1 Å². The molecule has 1 unspecified atom stereocenters. The Bertz CT molecular complexity index is 925. The number of Topliss-reactive ketones (excluding diaryl/α,β-unsaturated/α-hetero) is 1. The van der Waals surface area contributed by atoms with Crippen molar-refractivity contribution < 1.29 is 4.79 Å². The van der Waals surface area contributed by atoms with Gasteiger partial charge in [0.25, 0.3) is 0 Å². The molecule has 0 aromatic heterocycles. The molecule has 0 saturated heterocycles. The van der Waals surface area contributed by atoms with Crippen LogP contribution in [0.4, 0.5) is 0 Å². The molecule has 1 atom stereocenters. The standard InChI is InChI=1S/C29H36O/c1-5-11-24(7-3)29(30)28(25-13-8-9-14-25)20-23-17-16-21(4)27(19-23)26-15-10-12-22(6-2)18-26/h5,7,10-12,15-19,25,28H,6,8-9,13-14,20H2,1-4H3/b11-5-,24-7+. The Morgan fingerprint density at radius 3 is 2.50 bits per heavy atom. The van der Waals surface area contributed by atoms with Gasteiger partial charge in [-0.3, -0.25) is 4.79 Å². The van der Waals surface area contributed by atoms with Gasteiger partial charge in [-0.05, 0) is 80.2 Å². The van der Waals surface area contributed by atoms with Crippen LogP contribution in [0.2, 0.25) is 0 Å². The summed E-state index contributed by atoms with van der Waals surface area (Å²) < 4.78 is 0. The minimum absolute atomic E-state index is 0.0763. The van der Waals surface area contributed by atoms with E-state index in [2.05, 4.69) is 56.3 Å². The van der Waals surface area contributed by atoms with Crippen LogP contribution >= 0.6 is 0 Å². The zero-order valence-corrected chi connectivity index (χ0v) is 19.1. The van der Waals surface area contributed by atoms with Crippen LogP contribution < -0.4 is 0 Å². The molecule has 0 amide bonds. The summed E-state index contributed by atoms with van der Waals surface area (Å²) >= 11 is 0. The molecule has 1 nitrogen and oxygen atoms in total. The fourth-order valence-electron chi connectivity index (χ4n) is 4.87. The Labute approximate surface area is 182 Å². The second-order valence-electron chi connectivity index (χ2n) is 8.67. The van der Waals surface area contributed by atoms with Crippen LogP contribution in [-0.4, -0.2) is 5.78 Å². The Hall–Kier alpha value is -2.41. The number of ketones is 1. The van der Waals surface area contributed by atoms with E-state index in [1.165, 1.54) is 53.5 Å². The molecule has 158 valence electrons. The van der Waals surface area contributed by atoms with E-state index in [1.54, 1.807) is 0 Å². The van der Waals surface area contributed by atoms with Gasteiger partial charge in [-0.25, -0.2) is 0 Å². The number of rotatable bonds is 8. The predicted molar refractivity (Wildman–Crippen MR) is 129 cm³/mol. The van der Waals surface area contributed by atoms with Crippen molar-refractivity contribution in [2.24, 2.45) is 11.8 Å². The number of hydrogen-bond acceptors (Lipinski definition) is 1. The van der Waals surface area contributed by atoms with Crippen LogP contribution in [0, 0.1) is 18.8 Å². The average Bonchev–Trinajstić information content (AvgIpc) is 3.31. The highest BCUT2D eigenvalue weighted by Gasteiger charge is 2.31. The van der Waals surface area contributed by atoms with Crippen molar-refractivity contribution in [1.29, 1.82) is 0 Å². The van der Waals surface area contributed by atoms with Gasteiger partial charge in [0.05, 0.1) is 0 Å². The van der Waals surface area contributed by atoms with Gasteiger partial charge in [-0.1, -0.05) is 80.5 Å². The highest BCUT2D eigenvalue weighted by molar-refractivity contribution is 6.00. The molecule has 2 aromatic carbocycles. The van der Waals surface area contributed by atoms with E-state index in [1.807, 2.05) is 32.1 Å². The fourth-order valence-corrected chi connectivity index (χ4v) is 4.87. The Kier molecular flexibility index (Phi) is 7.85. The quantitative estimate of drug-likeness (QED) is 0.328. The first-order valence-corrected chi connectivity index (χ1v) is 11.6. The molecule has 1 aliphatic carbocycles. The van der Waals surface area contributed by atoms with Gasteiger partial charge < -0.3 is 0 Å². The number of benzene rings is 2. The third kappa shape index (κ3) is 5.19. The number of allylic oxidation sites excluding steroid dienone is 4. The fraction of sp³-hybridized carbons (Fsp3) is 0.414. The van der Waals surface area contributed by atoms with E-state index in [-0.39, 0.29) is 5.92 Å². The lowest BCUT2D eigenvalue weighted by Gasteiger charge is -2.23. The lowest BCUT2D eigenvalue weighted by atomic mass is 9.79. The first-order valence-electron chi connectivity index (χ1n) is 11.6. The summed E-state index contributed by atoms with van der Waals surface area (Å²) in [5, 5.41) is 0. The van der Waals surface area contributed by atoms with Gasteiger partial charge in [-0.15, -0.1) is 0 Å². The van der Waals surface area contributed by atoms with Gasteiger partial charge in [0.15, 0.2) is 5.78 Å². The first-order chi connectivity index (χ1) is 14.6. The van der Waals surface area contributed by atoms with Crippen LogP contribution in [0.1, 0.15) is 63.1 Å². The first kappa shape index (κ1) is 22.3. The largest absolute Gasteiger partial charge is 0.294 e. The SMILES string of the molecule is C/C=C\C(=C/C)C(=O)C(Cc1ccc(C)c(-c2cccc(CC)c2)c1)C1CCCC1. The molecule has 0 radical (unpaired) electrons. The van der Waals surface area contributed by atoms with Crippen LogP contribution in [0.5, 0.6) is 0 Å². The minimum atomic E-state index is 0.0763. The van der Waals surface area contributed by atoms with Crippen molar-refractivity contribution in [2.75, 3.05) is 0 Å². The van der Waals surface area contributed by atoms with E-state index >= 15 is 0 Å². The van der Waals surface area contributed by atoms with Crippen molar-refractivity contribution >= 4 is 5.78 Å². The zero-order chi connectivity index (χ0) is 21.5. The molecule has 0 spiro atoms. The maximum Gasteiger partial charge on any atom is 0.166 e. The summed E-state index contributed by atoms with van der Waals surface area (Å²) in [4.78, 5) is 13.4. The van der Waals surface area contributed by atoms with Crippen LogP contribution in [0.25, 0.3) is 11.1 Å². The van der Waals surface area contributed by atoms with Crippen LogP contribution in [-0.2, 0) is 17.6 Å². The molecule has 0 bridgehead atoms. The van der Waals surface area contributed by atoms with Gasteiger partial charge in [0, 0.05) is 11.5 Å².